The van der Waals surface area contributed by atoms with Gasteiger partial charge in [0.1, 0.15) is 6.17 Å². The molecule has 0 bridgehead atoms. The normalized spacial score (nSPS) is 13.4. The van der Waals surface area contributed by atoms with Crippen LogP contribution < -0.4 is 5.76 Å². The number of fused-ring (bicyclic) bond motifs is 1. The molecule has 0 saturated heterocycles. The lowest BCUT2D eigenvalue weighted by molar-refractivity contribution is 0.374. The van der Waals surface area contributed by atoms with Gasteiger partial charge in [-0.15, -0.1) is 0 Å². The fourth-order valence-electron chi connectivity index (χ4n) is 1.21. The van der Waals surface area contributed by atoms with Gasteiger partial charge >= 0.3 is 5.76 Å². The van der Waals surface area contributed by atoms with Gasteiger partial charge in [0.15, 0.2) is 5.58 Å². The van der Waals surface area contributed by atoms with E-state index in [9.17, 15) is 9.18 Å². The molecule has 4 heteroatoms. The maximum absolute atomic E-state index is 12.8. The van der Waals surface area contributed by atoms with Crippen LogP contribution in [0.3, 0.4) is 0 Å². The summed E-state index contributed by atoms with van der Waals surface area (Å²) in [5, 5.41) is 0. The molecule has 0 saturated carbocycles. The highest BCUT2D eigenvalue weighted by molar-refractivity contribution is 5.72. The molecule has 0 radical (unpaired) electrons. The highest BCUT2D eigenvalue weighted by Gasteiger charge is 2.06. The zero-order chi connectivity index (χ0) is 9.42. The van der Waals surface area contributed by atoms with Crippen LogP contribution in [0.25, 0.3) is 11.1 Å². The fraction of sp³-hybridized carbons (Fsp3) is 0.222. The molecule has 68 valence electrons. The molecule has 2 aromatic rings. The molecular formula is C9H8FNO2. The van der Waals surface area contributed by atoms with Crippen molar-refractivity contribution in [1.29, 1.82) is 0 Å². The van der Waals surface area contributed by atoms with E-state index in [4.69, 9.17) is 4.42 Å². The monoisotopic (exact) mass is 181 g/mol. The molecule has 13 heavy (non-hydrogen) atoms. The van der Waals surface area contributed by atoms with E-state index in [1.165, 1.54) is 13.0 Å². The second-order valence-electron chi connectivity index (χ2n) is 2.89. The summed E-state index contributed by atoms with van der Waals surface area (Å²) in [6.07, 6.45) is -1.05. The van der Waals surface area contributed by atoms with E-state index in [2.05, 4.69) is 4.98 Å². The molecule has 1 heterocycles. The number of H-pyrrole nitrogens is 1. The molecule has 3 nitrogen and oxygen atoms in total. The predicted molar refractivity (Wildman–Crippen MR) is 46.4 cm³/mol. The molecule has 1 atom stereocenters. The lowest BCUT2D eigenvalue weighted by atomic mass is 10.1. The maximum Gasteiger partial charge on any atom is 0.417 e. The van der Waals surface area contributed by atoms with E-state index >= 15 is 0 Å². The summed E-state index contributed by atoms with van der Waals surface area (Å²) in [4.78, 5) is 13.2. The first-order valence-corrected chi connectivity index (χ1v) is 3.93. The van der Waals surface area contributed by atoms with Gasteiger partial charge in [-0.25, -0.2) is 9.18 Å². The average molecular weight is 181 g/mol. The lowest BCUT2D eigenvalue weighted by Gasteiger charge is -1.99. The SMILES string of the molecule is CC(F)c1ccc2[nH]c(=O)oc2c1. The Balaban J connectivity index is 2.68. The first kappa shape index (κ1) is 8.04. The van der Waals surface area contributed by atoms with Crippen molar-refractivity contribution in [3.63, 3.8) is 0 Å². The van der Waals surface area contributed by atoms with Crippen molar-refractivity contribution in [2.45, 2.75) is 13.1 Å². The van der Waals surface area contributed by atoms with E-state index in [0.717, 1.165) is 0 Å². The molecule has 0 amide bonds. The number of hydrogen-bond donors (Lipinski definition) is 1. The van der Waals surface area contributed by atoms with Crippen LogP contribution in [0.2, 0.25) is 0 Å². The molecule has 0 aliphatic carbocycles. The summed E-state index contributed by atoms with van der Waals surface area (Å²) in [7, 11) is 0. The van der Waals surface area contributed by atoms with Crippen molar-refractivity contribution in [3.8, 4) is 0 Å². The zero-order valence-electron chi connectivity index (χ0n) is 7.00. The molecule has 0 aliphatic rings. The predicted octanol–water partition coefficient (Wildman–Crippen LogP) is 2.15. The van der Waals surface area contributed by atoms with Gasteiger partial charge in [-0.2, -0.15) is 0 Å². The molecule has 0 aliphatic heterocycles. The third-order valence-corrected chi connectivity index (χ3v) is 1.90. The minimum absolute atomic E-state index is 0.395. The first-order valence-electron chi connectivity index (χ1n) is 3.93. The van der Waals surface area contributed by atoms with Gasteiger partial charge in [-0.05, 0) is 24.6 Å². The Hall–Kier alpha value is -1.58. The van der Waals surface area contributed by atoms with Crippen LogP contribution in [0, 0.1) is 0 Å². The quantitative estimate of drug-likeness (QED) is 0.732. The highest BCUT2D eigenvalue weighted by atomic mass is 19.1. The largest absolute Gasteiger partial charge is 0.417 e. The van der Waals surface area contributed by atoms with Crippen LogP contribution in [0.4, 0.5) is 4.39 Å². The number of benzene rings is 1. The topological polar surface area (TPSA) is 46.0 Å². The number of rotatable bonds is 1. The Morgan fingerprint density at radius 3 is 3.00 bits per heavy atom. The summed E-state index contributed by atoms with van der Waals surface area (Å²) in [5.74, 6) is -0.515. The standard InChI is InChI=1S/C9H8FNO2/c1-5(10)6-2-3-7-8(4-6)13-9(12)11-7/h2-5H,1H3,(H,11,12). The number of halogens is 1. The molecule has 0 fully saturated rings. The number of hydrogen-bond acceptors (Lipinski definition) is 2. The van der Waals surface area contributed by atoms with Crippen molar-refractivity contribution >= 4 is 11.1 Å². The highest BCUT2D eigenvalue weighted by Crippen LogP contribution is 2.20. The second kappa shape index (κ2) is 2.73. The van der Waals surface area contributed by atoms with Crippen molar-refractivity contribution < 1.29 is 8.81 Å². The summed E-state index contributed by atoms with van der Waals surface area (Å²) < 4.78 is 17.6. The molecule has 1 aromatic carbocycles. The van der Waals surface area contributed by atoms with Gasteiger partial charge in [0.25, 0.3) is 0 Å². The second-order valence-corrected chi connectivity index (χ2v) is 2.89. The Morgan fingerprint density at radius 2 is 2.31 bits per heavy atom. The molecular weight excluding hydrogens is 173 g/mol. The van der Waals surface area contributed by atoms with Crippen LogP contribution in [0.5, 0.6) is 0 Å². The Bertz CT molecular complexity index is 484. The lowest BCUT2D eigenvalue weighted by Crippen LogP contribution is -1.92. The third kappa shape index (κ3) is 1.35. The van der Waals surface area contributed by atoms with Crippen LogP contribution in [0.15, 0.2) is 27.4 Å². The van der Waals surface area contributed by atoms with Crippen molar-refractivity contribution in [2.75, 3.05) is 0 Å². The number of aromatic nitrogens is 1. The number of nitrogens with one attached hydrogen (secondary N) is 1. The number of oxazole rings is 1. The van der Waals surface area contributed by atoms with E-state index in [1.54, 1.807) is 12.1 Å². The molecule has 1 N–H and O–H groups in total. The average Bonchev–Trinajstić information content (AvgIpc) is 2.42. The van der Waals surface area contributed by atoms with Crippen LogP contribution >= 0.6 is 0 Å². The first-order chi connectivity index (χ1) is 6.16. The van der Waals surface area contributed by atoms with Gasteiger partial charge in [0.05, 0.1) is 5.52 Å². The summed E-state index contributed by atoms with van der Waals surface area (Å²) in [5.41, 5.74) is 1.50. The Kier molecular flexibility index (Phi) is 1.69. The minimum Gasteiger partial charge on any atom is -0.408 e. The van der Waals surface area contributed by atoms with Gasteiger partial charge in [-0.1, -0.05) is 6.07 Å². The summed E-state index contributed by atoms with van der Waals surface area (Å²) in [6, 6.07) is 4.78. The van der Waals surface area contributed by atoms with E-state index in [0.29, 0.717) is 16.7 Å². The molecule has 2 rings (SSSR count). The van der Waals surface area contributed by atoms with Gasteiger partial charge in [0, 0.05) is 0 Å². The third-order valence-electron chi connectivity index (χ3n) is 1.90. The van der Waals surface area contributed by atoms with E-state index in [1.807, 2.05) is 0 Å². The smallest absolute Gasteiger partial charge is 0.408 e. The molecule has 0 spiro atoms. The minimum atomic E-state index is -1.05. The van der Waals surface area contributed by atoms with Gasteiger partial charge < -0.3 is 4.42 Å². The van der Waals surface area contributed by atoms with E-state index in [-0.39, 0.29) is 0 Å². The van der Waals surface area contributed by atoms with Crippen LogP contribution in [0.1, 0.15) is 18.7 Å². The van der Waals surface area contributed by atoms with E-state index < -0.39 is 11.9 Å². The molecule has 1 unspecified atom stereocenters. The van der Waals surface area contributed by atoms with Crippen LogP contribution in [-0.2, 0) is 0 Å². The summed E-state index contributed by atoms with van der Waals surface area (Å²) in [6.45, 7) is 1.44. The Labute approximate surface area is 73.2 Å². The van der Waals surface area contributed by atoms with Crippen molar-refractivity contribution in [1.82, 2.24) is 4.98 Å². The summed E-state index contributed by atoms with van der Waals surface area (Å²) >= 11 is 0. The number of alkyl halides is 1. The number of aromatic amines is 1. The maximum atomic E-state index is 12.8. The van der Waals surface area contributed by atoms with Crippen LogP contribution in [-0.4, -0.2) is 4.98 Å². The fourth-order valence-corrected chi connectivity index (χ4v) is 1.21. The van der Waals surface area contributed by atoms with Crippen molar-refractivity contribution in [2.24, 2.45) is 0 Å². The van der Waals surface area contributed by atoms with Gasteiger partial charge in [-0.3, -0.25) is 4.98 Å². The van der Waals surface area contributed by atoms with Gasteiger partial charge in [0.2, 0.25) is 0 Å². The van der Waals surface area contributed by atoms with Crippen molar-refractivity contribution in [3.05, 3.63) is 34.3 Å². The molecule has 1 aromatic heterocycles. The Morgan fingerprint density at radius 1 is 1.54 bits per heavy atom. The zero-order valence-corrected chi connectivity index (χ0v) is 7.00.